The van der Waals surface area contributed by atoms with Crippen LogP contribution in [0.2, 0.25) is 5.02 Å². The number of carbonyl (C=O) groups excluding carboxylic acids is 1. The number of ether oxygens (including phenoxy) is 1. The molecule has 1 aromatic heterocycles. The molecule has 1 N–H and O–H groups in total. The molecule has 0 saturated carbocycles. The highest BCUT2D eigenvalue weighted by atomic mass is 35.5. The molecule has 2 aliphatic rings. The number of halogens is 4. The van der Waals surface area contributed by atoms with Crippen LogP contribution in [-0.2, 0) is 17.8 Å². The second-order valence-electron chi connectivity index (χ2n) is 9.83. The molecule has 1 unspecified atom stereocenters. The lowest BCUT2D eigenvalue weighted by atomic mass is 9.87. The van der Waals surface area contributed by atoms with Gasteiger partial charge in [0, 0.05) is 33.4 Å². The van der Waals surface area contributed by atoms with E-state index in [2.05, 4.69) is 5.10 Å². The normalized spacial score (nSPS) is 17.1. The van der Waals surface area contributed by atoms with Crippen molar-refractivity contribution in [2.75, 3.05) is 6.61 Å². The van der Waals surface area contributed by atoms with Crippen LogP contribution in [0, 0.1) is 0 Å². The van der Waals surface area contributed by atoms with E-state index in [1.807, 2.05) is 42.5 Å². The maximum atomic E-state index is 13.3. The molecule has 1 aliphatic carbocycles. The van der Waals surface area contributed by atoms with E-state index in [-0.39, 0.29) is 23.6 Å². The first-order valence-electron chi connectivity index (χ1n) is 12.8. The number of fused-ring (bicyclic) bond motifs is 1. The van der Waals surface area contributed by atoms with Gasteiger partial charge in [0.1, 0.15) is 11.4 Å². The number of alkyl halides is 3. The molecule has 3 aromatic carbocycles. The average Bonchev–Trinajstić information content (AvgIpc) is 3.47. The Kier molecular flexibility index (Phi) is 6.45. The fourth-order valence-corrected chi connectivity index (χ4v) is 6.10. The number of carboxylic acid groups (broad SMARTS) is 1. The molecule has 40 heavy (non-hydrogen) atoms. The van der Waals surface area contributed by atoms with Gasteiger partial charge in [0.25, 0.3) is 0 Å². The van der Waals surface area contributed by atoms with Crippen LogP contribution in [0.5, 0.6) is 5.75 Å². The molecule has 7 nitrogen and oxygen atoms in total. The number of hydrogen-bond donors (Lipinski definition) is 1. The molecule has 1 amide bonds. The van der Waals surface area contributed by atoms with Gasteiger partial charge in [-0.25, -0.2) is 9.80 Å². The first kappa shape index (κ1) is 26.2. The first-order valence-corrected chi connectivity index (χ1v) is 13.2. The fourth-order valence-electron chi connectivity index (χ4n) is 5.81. The van der Waals surface area contributed by atoms with Crippen LogP contribution in [0.15, 0.2) is 59.7 Å². The number of nitrogens with zero attached hydrogens (tertiary/aromatic N) is 3. The van der Waals surface area contributed by atoms with Crippen LogP contribution in [0.25, 0.3) is 21.7 Å². The van der Waals surface area contributed by atoms with Crippen molar-refractivity contribution < 1.29 is 32.6 Å². The summed E-state index contributed by atoms with van der Waals surface area (Å²) in [5.74, 6) is -1.15. The number of hydrazone groups is 1. The van der Waals surface area contributed by atoms with Crippen molar-refractivity contribution in [2.45, 2.75) is 44.4 Å². The minimum Gasteiger partial charge on any atom is -0.493 e. The predicted octanol–water partition coefficient (Wildman–Crippen LogP) is 6.75. The summed E-state index contributed by atoms with van der Waals surface area (Å²) < 4.78 is 47.6. The Labute approximate surface area is 231 Å². The number of rotatable bonds is 7. The van der Waals surface area contributed by atoms with E-state index in [0.29, 0.717) is 41.6 Å². The molecule has 6 rings (SSSR count). The van der Waals surface area contributed by atoms with Gasteiger partial charge < -0.3 is 14.4 Å². The third-order valence-electron chi connectivity index (χ3n) is 7.48. The van der Waals surface area contributed by atoms with Gasteiger partial charge in [-0.3, -0.25) is 4.79 Å². The highest BCUT2D eigenvalue weighted by Gasteiger charge is 2.45. The quantitative estimate of drug-likeness (QED) is 0.249. The van der Waals surface area contributed by atoms with Gasteiger partial charge >= 0.3 is 12.1 Å². The van der Waals surface area contributed by atoms with Crippen LogP contribution < -0.4 is 4.74 Å². The van der Waals surface area contributed by atoms with E-state index in [0.717, 1.165) is 21.5 Å². The second kappa shape index (κ2) is 9.85. The van der Waals surface area contributed by atoms with Gasteiger partial charge in [-0.2, -0.15) is 18.3 Å². The Hall–Kier alpha value is -4.05. The Balaban J connectivity index is 1.32. The average molecular weight is 570 g/mol. The van der Waals surface area contributed by atoms with Crippen molar-refractivity contribution in [3.63, 3.8) is 0 Å². The van der Waals surface area contributed by atoms with E-state index < -0.39 is 36.2 Å². The Morgan fingerprint density at radius 2 is 1.90 bits per heavy atom. The summed E-state index contributed by atoms with van der Waals surface area (Å²) in [5.41, 5.74) is 0.524. The molecule has 206 valence electrons. The van der Waals surface area contributed by atoms with Crippen molar-refractivity contribution in [1.82, 2.24) is 9.58 Å². The number of aryl methyl sites for hydroxylation is 2. The van der Waals surface area contributed by atoms with Crippen molar-refractivity contribution in [3.05, 3.63) is 76.4 Å². The number of carboxylic acids is 1. The first-order chi connectivity index (χ1) is 19.1. The Morgan fingerprint density at radius 1 is 1.12 bits per heavy atom. The summed E-state index contributed by atoms with van der Waals surface area (Å²) in [6, 6.07) is 16.1. The van der Waals surface area contributed by atoms with Crippen LogP contribution in [0.1, 0.15) is 46.9 Å². The maximum Gasteiger partial charge on any atom is 0.431 e. The van der Waals surface area contributed by atoms with E-state index in [4.69, 9.17) is 16.3 Å². The summed E-state index contributed by atoms with van der Waals surface area (Å²) >= 11 is 6.55. The largest absolute Gasteiger partial charge is 0.493 e. The number of carbonyl (C=O) groups is 2. The maximum absolute atomic E-state index is 13.3. The molecule has 1 aliphatic heterocycles. The molecular weight excluding hydrogens is 547 g/mol. The standard InChI is InChI=1S/C29H23ClF3N3O4/c30-19-10-12-20-25-18(9-11-21(26(19)25)36-24(37)15-23(34-36)29(31,32)33)27(28(38)39)35(20)13-4-14-40-22-8-3-6-16-5-1-2-7-17(16)22/h1-3,5-8,10,12,21H,4,9,11,13-15H2,(H,38,39). The summed E-state index contributed by atoms with van der Waals surface area (Å²) in [6.45, 7) is 0.663. The SMILES string of the molecule is O=C(O)c1c2c3c(c(Cl)ccc3n1CCCOc1cccc3ccccc13)C(N1N=C(C(F)(F)F)CC1=O)CC2. The van der Waals surface area contributed by atoms with Crippen LogP contribution in [0.3, 0.4) is 0 Å². The van der Waals surface area contributed by atoms with Gasteiger partial charge in [-0.1, -0.05) is 48.0 Å². The number of aromatic nitrogens is 1. The van der Waals surface area contributed by atoms with Crippen molar-refractivity contribution in [3.8, 4) is 5.75 Å². The number of amides is 1. The zero-order chi connectivity index (χ0) is 28.2. The van der Waals surface area contributed by atoms with Gasteiger partial charge in [-0.15, -0.1) is 0 Å². The minimum absolute atomic E-state index is 0.106. The fraction of sp³-hybridized carbons (Fsp3) is 0.276. The Morgan fingerprint density at radius 3 is 2.65 bits per heavy atom. The molecule has 0 bridgehead atoms. The number of hydrogen-bond acceptors (Lipinski definition) is 4. The summed E-state index contributed by atoms with van der Waals surface area (Å²) in [6.07, 6.45) is -4.61. The third kappa shape index (κ3) is 4.36. The van der Waals surface area contributed by atoms with Crippen LogP contribution in [0.4, 0.5) is 13.2 Å². The van der Waals surface area contributed by atoms with E-state index >= 15 is 0 Å². The predicted molar refractivity (Wildman–Crippen MR) is 144 cm³/mol. The minimum atomic E-state index is -4.71. The van der Waals surface area contributed by atoms with Crippen molar-refractivity contribution in [2.24, 2.45) is 5.10 Å². The number of benzene rings is 3. The molecule has 0 fully saturated rings. The van der Waals surface area contributed by atoms with E-state index in [1.54, 1.807) is 16.7 Å². The van der Waals surface area contributed by atoms with Crippen molar-refractivity contribution in [1.29, 1.82) is 0 Å². The molecule has 0 spiro atoms. The van der Waals surface area contributed by atoms with E-state index in [9.17, 15) is 27.9 Å². The van der Waals surface area contributed by atoms with Gasteiger partial charge in [0.05, 0.1) is 19.1 Å². The summed E-state index contributed by atoms with van der Waals surface area (Å²) in [4.78, 5) is 25.0. The Bertz CT molecular complexity index is 1710. The smallest absolute Gasteiger partial charge is 0.431 e. The molecule has 4 aromatic rings. The lowest BCUT2D eigenvalue weighted by Crippen LogP contribution is -2.29. The van der Waals surface area contributed by atoms with Crippen LogP contribution >= 0.6 is 11.6 Å². The molecule has 1 atom stereocenters. The topological polar surface area (TPSA) is 84.1 Å². The number of aromatic carboxylic acids is 1. The summed E-state index contributed by atoms with van der Waals surface area (Å²) in [5, 5.41) is 17.5. The monoisotopic (exact) mass is 569 g/mol. The zero-order valence-corrected chi connectivity index (χ0v) is 21.8. The molecule has 11 heteroatoms. The van der Waals surface area contributed by atoms with Gasteiger partial charge in [0.15, 0.2) is 5.71 Å². The highest BCUT2D eigenvalue weighted by molar-refractivity contribution is 6.32. The molecular formula is C29H23ClF3N3O4. The summed E-state index contributed by atoms with van der Waals surface area (Å²) in [7, 11) is 0. The van der Waals surface area contributed by atoms with Gasteiger partial charge in [-0.05, 0) is 48.4 Å². The lowest BCUT2D eigenvalue weighted by molar-refractivity contribution is -0.131. The zero-order valence-electron chi connectivity index (χ0n) is 21.0. The van der Waals surface area contributed by atoms with Crippen LogP contribution in [-0.4, -0.2) is 45.1 Å². The molecule has 2 heterocycles. The highest BCUT2D eigenvalue weighted by Crippen LogP contribution is 2.46. The van der Waals surface area contributed by atoms with E-state index in [1.165, 1.54) is 0 Å². The second-order valence-corrected chi connectivity index (χ2v) is 10.2. The van der Waals surface area contributed by atoms with Crippen molar-refractivity contribution >= 4 is 50.9 Å². The lowest BCUT2D eigenvalue weighted by Gasteiger charge is -2.30. The molecule has 0 radical (unpaired) electrons. The molecule has 0 saturated heterocycles. The van der Waals surface area contributed by atoms with Gasteiger partial charge in [0.2, 0.25) is 5.91 Å². The third-order valence-corrected chi connectivity index (χ3v) is 7.81.